The van der Waals surface area contributed by atoms with Crippen molar-refractivity contribution in [2.75, 3.05) is 0 Å². The van der Waals surface area contributed by atoms with Crippen molar-refractivity contribution in [1.82, 2.24) is 0 Å². The van der Waals surface area contributed by atoms with Gasteiger partial charge in [0.2, 0.25) is 0 Å². The first-order valence-corrected chi connectivity index (χ1v) is 13.8. The molecule has 0 radical (unpaired) electrons. The average molecular weight is 487 g/mol. The lowest BCUT2D eigenvalue weighted by Crippen LogP contribution is -2.30. The molecule has 34 heavy (non-hydrogen) atoms. The quantitative estimate of drug-likeness (QED) is 0.215. The number of alkyl halides is 3. The third-order valence-electron chi connectivity index (χ3n) is 8.84. The first-order chi connectivity index (χ1) is 16.2. The van der Waals surface area contributed by atoms with Crippen molar-refractivity contribution in [3.8, 4) is 0 Å². The Morgan fingerprint density at radius 1 is 0.676 bits per heavy atom. The predicted molar refractivity (Wildman–Crippen MR) is 129 cm³/mol. The molecule has 5 heteroatoms. The van der Waals surface area contributed by atoms with Gasteiger partial charge < -0.3 is 0 Å². The molecule has 2 aliphatic carbocycles. The fourth-order valence-electron chi connectivity index (χ4n) is 6.88. The number of unbranched alkanes of at least 4 members (excludes halogenated alkanes) is 4. The van der Waals surface area contributed by atoms with Gasteiger partial charge in [0.1, 0.15) is 17.2 Å². The van der Waals surface area contributed by atoms with Crippen molar-refractivity contribution >= 4 is 0 Å². The highest BCUT2D eigenvalue weighted by Gasteiger charge is 2.41. The normalized spacial score (nSPS) is 20.4. The molecule has 0 amide bonds. The average Bonchev–Trinajstić information content (AvgIpc) is 2.80. The Kier molecular flexibility index (Phi) is 9.86. The second kappa shape index (κ2) is 12.2. The fourth-order valence-corrected chi connectivity index (χ4v) is 6.88. The van der Waals surface area contributed by atoms with Crippen LogP contribution in [0.4, 0.5) is 22.0 Å². The molecule has 1 aromatic rings. The van der Waals surface area contributed by atoms with E-state index in [2.05, 4.69) is 6.92 Å². The van der Waals surface area contributed by atoms with E-state index < -0.39 is 28.8 Å². The highest BCUT2D eigenvalue weighted by molar-refractivity contribution is 5.34. The van der Waals surface area contributed by atoms with E-state index in [0.29, 0.717) is 11.0 Å². The molecule has 1 aromatic carbocycles. The third kappa shape index (κ3) is 6.97. The fraction of sp³-hybridized carbons (Fsp3) is 0.793. The molecule has 0 N–H and O–H groups in total. The van der Waals surface area contributed by atoms with Gasteiger partial charge in [-0.2, -0.15) is 13.2 Å². The lowest BCUT2D eigenvalue weighted by molar-refractivity contribution is -0.142. The Balaban J connectivity index is 1.67. The van der Waals surface area contributed by atoms with E-state index in [9.17, 15) is 22.0 Å². The van der Waals surface area contributed by atoms with E-state index in [1.54, 1.807) is 0 Å². The van der Waals surface area contributed by atoms with E-state index in [1.807, 2.05) is 0 Å². The molecule has 2 saturated carbocycles. The van der Waals surface area contributed by atoms with E-state index >= 15 is 0 Å². The molecule has 0 bridgehead atoms. The van der Waals surface area contributed by atoms with Gasteiger partial charge in [0.25, 0.3) is 0 Å². The zero-order chi connectivity index (χ0) is 24.7. The van der Waals surface area contributed by atoms with Gasteiger partial charge in [-0.3, -0.25) is 0 Å². The lowest BCUT2D eigenvalue weighted by Gasteiger charge is -2.40. The molecule has 0 aliphatic heterocycles. The summed E-state index contributed by atoms with van der Waals surface area (Å²) in [5, 5.41) is 0. The molecule has 0 aromatic heterocycles. The monoisotopic (exact) mass is 486 g/mol. The van der Waals surface area contributed by atoms with Crippen molar-refractivity contribution in [1.29, 1.82) is 0 Å². The Labute approximate surface area is 203 Å². The Morgan fingerprint density at radius 3 is 1.71 bits per heavy atom. The SMILES string of the molecule is CCCCCCC1(CCCCC2(c3cc(F)c(C(F)(F)F)c(F)c3)CCCCC2)CCCCC1. The second-order valence-corrected chi connectivity index (χ2v) is 11.2. The molecular weight excluding hydrogens is 443 g/mol. The van der Waals surface area contributed by atoms with Crippen LogP contribution in [0.2, 0.25) is 0 Å². The maximum Gasteiger partial charge on any atom is 0.422 e. The molecule has 0 nitrogen and oxygen atoms in total. The third-order valence-corrected chi connectivity index (χ3v) is 8.84. The van der Waals surface area contributed by atoms with Crippen LogP contribution in [0.1, 0.15) is 140 Å². The summed E-state index contributed by atoms with van der Waals surface area (Å²) in [5.41, 5.74) is -1.27. The molecule has 0 spiro atoms. The number of halogens is 5. The highest BCUT2D eigenvalue weighted by Crippen LogP contribution is 2.48. The van der Waals surface area contributed by atoms with E-state index in [0.717, 1.165) is 63.5 Å². The van der Waals surface area contributed by atoms with Gasteiger partial charge in [-0.05, 0) is 73.5 Å². The van der Waals surface area contributed by atoms with Crippen LogP contribution in [-0.2, 0) is 11.6 Å². The van der Waals surface area contributed by atoms with Gasteiger partial charge in [0, 0.05) is 0 Å². The van der Waals surface area contributed by atoms with Crippen molar-refractivity contribution in [2.45, 2.75) is 141 Å². The number of benzene rings is 1. The highest BCUT2D eigenvalue weighted by atomic mass is 19.4. The number of rotatable bonds is 11. The number of hydrogen-bond acceptors (Lipinski definition) is 0. The van der Waals surface area contributed by atoms with E-state index in [4.69, 9.17) is 0 Å². The van der Waals surface area contributed by atoms with Crippen LogP contribution in [0.25, 0.3) is 0 Å². The van der Waals surface area contributed by atoms with Crippen molar-refractivity contribution < 1.29 is 22.0 Å². The minimum atomic E-state index is -5.02. The van der Waals surface area contributed by atoms with Crippen LogP contribution in [0.5, 0.6) is 0 Å². The van der Waals surface area contributed by atoms with Crippen molar-refractivity contribution in [2.24, 2.45) is 5.41 Å². The summed E-state index contributed by atoms with van der Waals surface area (Å²) in [5.74, 6) is -2.94. The zero-order valence-corrected chi connectivity index (χ0v) is 21.0. The largest absolute Gasteiger partial charge is 0.422 e. The summed E-state index contributed by atoms with van der Waals surface area (Å²) in [6.07, 6.45) is 16.8. The smallest absolute Gasteiger partial charge is 0.206 e. The molecule has 0 unspecified atom stereocenters. The molecular formula is C29H43F5. The minimum absolute atomic E-state index is 0.398. The molecule has 2 aliphatic rings. The molecule has 2 fully saturated rings. The van der Waals surface area contributed by atoms with Crippen LogP contribution < -0.4 is 0 Å². The Hall–Kier alpha value is -1.13. The predicted octanol–water partition coefficient (Wildman–Crippen LogP) is 10.7. The molecule has 0 heterocycles. The number of hydrogen-bond donors (Lipinski definition) is 0. The maximum absolute atomic E-state index is 14.4. The summed E-state index contributed by atoms with van der Waals surface area (Å²) in [6, 6.07) is 1.96. The Bertz CT molecular complexity index is 731. The lowest BCUT2D eigenvalue weighted by atomic mass is 9.65. The standard InChI is InChI=1S/C29H43F5/c1-2-3-4-7-14-27(15-8-5-9-16-27)17-12-13-20-28(18-10-6-11-19-28)23-21-24(30)26(25(31)22-23)29(32,33)34/h21-22H,2-20H2,1H3. The maximum atomic E-state index is 14.4. The Morgan fingerprint density at radius 2 is 1.18 bits per heavy atom. The van der Waals surface area contributed by atoms with Crippen LogP contribution >= 0.6 is 0 Å². The molecule has 0 saturated heterocycles. The first kappa shape index (κ1) is 27.5. The summed E-state index contributed by atoms with van der Waals surface area (Å²) in [4.78, 5) is 0. The van der Waals surface area contributed by atoms with Crippen LogP contribution in [-0.4, -0.2) is 0 Å². The second-order valence-electron chi connectivity index (χ2n) is 11.2. The van der Waals surface area contributed by atoms with Crippen LogP contribution in [0.15, 0.2) is 12.1 Å². The van der Waals surface area contributed by atoms with Crippen molar-refractivity contribution in [3.05, 3.63) is 34.9 Å². The van der Waals surface area contributed by atoms with Gasteiger partial charge in [-0.15, -0.1) is 0 Å². The minimum Gasteiger partial charge on any atom is -0.206 e. The van der Waals surface area contributed by atoms with Crippen LogP contribution in [0.3, 0.4) is 0 Å². The van der Waals surface area contributed by atoms with Crippen LogP contribution in [0, 0.1) is 17.0 Å². The van der Waals surface area contributed by atoms with E-state index in [-0.39, 0.29) is 0 Å². The zero-order valence-electron chi connectivity index (χ0n) is 21.0. The van der Waals surface area contributed by atoms with Gasteiger partial charge >= 0.3 is 6.18 Å². The topological polar surface area (TPSA) is 0 Å². The summed E-state index contributed by atoms with van der Waals surface area (Å²) < 4.78 is 68.1. The van der Waals surface area contributed by atoms with E-state index in [1.165, 1.54) is 70.6 Å². The van der Waals surface area contributed by atoms with Gasteiger partial charge in [0.05, 0.1) is 0 Å². The van der Waals surface area contributed by atoms with Gasteiger partial charge in [-0.1, -0.05) is 84.0 Å². The van der Waals surface area contributed by atoms with Crippen molar-refractivity contribution in [3.63, 3.8) is 0 Å². The summed E-state index contributed by atoms with van der Waals surface area (Å²) in [6.45, 7) is 2.24. The first-order valence-electron chi connectivity index (χ1n) is 13.8. The van der Waals surface area contributed by atoms with Gasteiger partial charge in [-0.25, -0.2) is 8.78 Å². The molecule has 3 rings (SSSR count). The molecule has 194 valence electrons. The summed E-state index contributed by atoms with van der Waals surface area (Å²) >= 11 is 0. The summed E-state index contributed by atoms with van der Waals surface area (Å²) in [7, 11) is 0. The van der Waals surface area contributed by atoms with Gasteiger partial charge in [0.15, 0.2) is 0 Å². The molecule has 0 atom stereocenters.